The molecule has 2 N–H and O–H groups in total. The molecule has 1 aromatic heterocycles. The Balaban J connectivity index is 2.93. The van der Waals surface area contributed by atoms with Gasteiger partial charge in [-0.25, -0.2) is 0 Å². The third-order valence-electron chi connectivity index (χ3n) is 1.64. The van der Waals surface area contributed by atoms with Gasteiger partial charge in [0.15, 0.2) is 5.13 Å². The highest BCUT2D eigenvalue weighted by atomic mass is 127. The summed E-state index contributed by atoms with van der Waals surface area (Å²) < 4.78 is 14.8. The van der Waals surface area contributed by atoms with Gasteiger partial charge in [-0.3, -0.25) is 0 Å². The van der Waals surface area contributed by atoms with E-state index in [2.05, 4.69) is 22.6 Å². The molecule has 0 saturated heterocycles. The van der Waals surface area contributed by atoms with E-state index in [1.165, 1.54) is 6.07 Å². The zero-order valence-electron chi connectivity index (χ0n) is 5.97. The molecule has 0 amide bonds. The van der Waals surface area contributed by atoms with Crippen molar-refractivity contribution in [2.24, 2.45) is 0 Å². The quantitative estimate of drug-likeness (QED) is 0.586. The smallest absolute Gasteiger partial charge is 0.177 e. The molecule has 2 aromatic rings. The molecule has 2 rings (SSSR count). The van der Waals surface area contributed by atoms with E-state index in [4.69, 9.17) is 5.73 Å². The molecule has 4 heteroatoms. The van der Waals surface area contributed by atoms with Gasteiger partial charge in [0.25, 0.3) is 0 Å². The van der Waals surface area contributed by atoms with Crippen molar-refractivity contribution < 1.29 is 4.39 Å². The first kappa shape index (κ1) is 8.25. The van der Waals surface area contributed by atoms with Gasteiger partial charge >= 0.3 is 0 Å². The lowest BCUT2D eigenvalue weighted by Gasteiger charge is -1.96. The fourth-order valence-electron chi connectivity index (χ4n) is 1.08. The van der Waals surface area contributed by atoms with Gasteiger partial charge in [-0.2, -0.15) is 4.39 Å². The molecule has 0 spiro atoms. The summed E-state index contributed by atoms with van der Waals surface area (Å²) in [7, 11) is 0. The van der Waals surface area contributed by atoms with Crippen LogP contribution >= 0.6 is 33.9 Å². The van der Waals surface area contributed by atoms with Gasteiger partial charge in [-0.15, -0.1) is 11.3 Å². The molecular weight excluding hydrogens is 288 g/mol. The highest BCUT2D eigenvalue weighted by Crippen LogP contribution is 2.32. The minimum atomic E-state index is -0.180. The van der Waals surface area contributed by atoms with E-state index in [0.29, 0.717) is 5.69 Å². The fourth-order valence-corrected chi connectivity index (χ4v) is 2.71. The lowest BCUT2D eigenvalue weighted by molar-refractivity contribution is 0.658. The molecule has 0 atom stereocenters. The van der Waals surface area contributed by atoms with E-state index in [0.717, 1.165) is 25.0 Å². The Morgan fingerprint density at radius 1 is 1.42 bits per heavy atom. The predicted octanol–water partition coefficient (Wildman–Crippen LogP) is 3.23. The van der Waals surface area contributed by atoms with Crippen LogP contribution < -0.4 is 5.73 Å². The number of halogens is 2. The number of anilines is 1. The van der Waals surface area contributed by atoms with Crippen LogP contribution in [0.15, 0.2) is 18.2 Å². The van der Waals surface area contributed by atoms with Crippen LogP contribution in [-0.2, 0) is 0 Å². The van der Waals surface area contributed by atoms with E-state index >= 15 is 0 Å². The van der Waals surface area contributed by atoms with Gasteiger partial charge in [0.2, 0.25) is 0 Å². The minimum Gasteiger partial charge on any atom is -0.398 e. The normalized spacial score (nSPS) is 10.8. The average molecular weight is 293 g/mol. The summed E-state index contributed by atoms with van der Waals surface area (Å²) in [4.78, 5) is 0. The molecule has 62 valence electrons. The Bertz CT molecular complexity index is 399. The van der Waals surface area contributed by atoms with Gasteiger partial charge < -0.3 is 5.73 Å². The molecule has 0 bridgehead atoms. The van der Waals surface area contributed by atoms with Crippen LogP contribution in [0.1, 0.15) is 0 Å². The Hall–Kier alpha value is -0.360. The van der Waals surface area contributed by atoms with Gasteiger partial charge in [-0.05, 0) is 40.8 Å². The van der Waals surface area contributed by atoms with Crippen LogP contribution in [0.4, 0.5) is 10.1 Å². The number of nitrogen functional groups attached to an aromatic ring is 1. The summed E-state index contributed by atoms with van der Waals surface area (Å²) in [5.74, 6) is 0. The van der Waals surface area contributed by atoms with E-state index in [1.54, 1.807) is 6.07 Å². The monoisotopic (exact) mass is 293 g/mol. The predicted molar refractivity (Wildman–Crippen MR) is 58.9 cm³/mol. The second-order valence-corrected chi connectivity index (χ2v) is 4.59. The third-order valence-corrected chi connectivity index (χ3v) is 3.86. The summed E-state index contributed by atoms with van der Waals surface area (Å²) in [5.41, 5.74) is 6.32. The van der Waals surface area contributed by atoms with Crippen LogP contribution in [0.25, 0.3) is 10.1 Å². The highest BCUT2D eigenvalue weighted by molar-refractivity contribution is 14.1. The van der Waals surface area contributed by atoms with Gasteiger partial charge in [-0.1, -0.05) is 0 Å². The van der Waals surface area contributed by atoms with Crippen molar-refractivity contribution in [1.29, 1.82) is 0 Å². The molecule has 12 heavy (non-hydrogen) atoms. The van der Waals surface area contributed by atoms with Crippen molar-refractivity contribution >= 4 is 49.7 Å². The van der Waals surface area contributed by atoms with Crippen molar-refractivity contribution in [3.8, 4) is 0 Å². The highest BCUT2D eigenvalue weighted by Gasteiger charge is 2.06. The molecule has 0 aliphatic heterocycles. The number of fused-ring (bicyclic) bond motifs is 1. The van der Waals surface area contributed by atoms with Crippen molar-refractivity contribution in [2.45, 2.75) is 0 Å². The molecule has 1 aromatic carbocycles. The summed E-state index contributed by atoms with van der Waals surface area (Å²) >= 11 is 3.32. The van der Waals surface area contributed by atoms with Crippen LogP contribution in [0.3, 0.4) is 0 Å². The second-order valence-electron chi connectivity index (χ2n) is 2.43. The third kappa shape index (κ3) is 1.19. The standard InChI is InChI=1S/C8H5FINS/c9-7-3-4-6(11)2-1-5(10)8(4)12-7/h1-3H,11H2. The van der Waals surface area contributed by atoms with Crippen molar-refractivity contribution in [2.75, 3.05) is 5.73 Å². The van der Waals surface area contributed by atoms with E-state index in [-0.39, 0.29) is 5.13 Å². The number of hydrogen-bond acceptors (Lipinski definition) is 2. The summed E-state index contributed by atoms with van der Waals surface area (Å²) in [6.45, 7) is 0. The molecule has 0 radical (unpaired) electrons. The first-order chi connectivity index (χ1) is 5.68. The van der Waals surface area contributed by atoms with Gasteiger partial charge in [0.05, 0.1) is 4.70 Å². The Morgan fingerprint density at radius 3 is 2.83 bits per heavy atom. The SMILES string of the molecule is Nc1ccc(I)c2sc(F)cc12. The Kier molecular flexibility index (Phi) is 1.96. The number of nitrogens with two attached hydrogens (primary N) is 1. The van der Waals surface area contributed by atoms with E-state index in [1.807, 2.05) is 6.07 Å². The maximum Gasteiger partial charge on any atom is 0.177 e. The topological polar surface area (TPSA) is 26.0 Å². The van der Waals surface area contributed by atoms with Crippen molar-refractivity contribution in [3.63, 3.8) is 0 Å². The summed E-state index contributed by atoms with van der Waals surface area (Å²) in [6.07, 6.45) is 0. The Labute approximate surface area is 86.5 Å². The number of thiophene rings is 1. The zero-order chi connectivity index (χ0) is 8.72. The molecular formula is C8H5FINS. The first-order valence-corrected chi connectivity index (χ1v) is 5.21. The maximum atomic E-state index is 12.8. The van der Waals surface area contributed by atoms with E-state index < -0.39 is 0 Å². The number of benzene rings is 1. The molecule has 0 aliphatic rings. The first-order valence-electron chi connectivity index (χ1n) is 3.31. The molecule has 1 nitrogen and oxygen atoms in total. The zero-order valence-corrected chi connectivity index (χ0v) is 8.95. The van der Waals surface area contributed by atoms with Gasteiger partial charge in [0.1, 0.15) is 0 Å². The van der Waals surface area contributed by atoms with Crippen molar-refractivity contribution in [3.05, 3.63) is 26.9 Å². The van der Waals surface area contributed by atoms with Gasteiger partial charge in [0, 0.05) is 14.6 Å². The average Bonchev–Trinajstić information content (AvgIpc) is 2.41. The van der Waals surface area contributed by atoms with Crippen LogP contribution in [-0.4, -0.2) is 0 Å². The number of rotatable bonds is 0. The molecule has 0 fully saturated rings. The van der Waals surface area contributed by atoms with E-state index in [9.17, 15) is 4.39 Å². The van der Waals surface area contributed by atoms with Crippen LogP contribution in [0, 0.1) is 8.70 Å². The lowest BCUT2D eigenvalue weighted by Crippen LogP contribution is -1.84. The van der Waals surface area contributed by atoms with Crippen molar-refractivity contribution in [1.82, 2.24) is 0 Å². The molecule has 0 unspecified atom stereocenters. The largest absolute Gasteiger partial charge is 0.398 e. The lowest BCUT2D eigenvalue weighted by atomic mass is 10.2. The minimum absolute atomic E-state index is 0.180. The summed E-state index contributed by atoms with van der Waals surface area (Å²) in [5, 5.41) is 0.644. The Morgan fingerprint density at radius 2 is 2.17 bits per heavy atom. The number of hydrogen-bond donors (Lipinski definition) is 1. The summed E-state index contributed by atoms with van der Waals surface area (Å²) in [6, 6.07) is 5.18. The molecule has 1 heterocycles. The van der Waals surface area contributed by atoms with Crippen LogP contribution in [0.5, 0.6) is 0 Å². The molecule has 0 saturated carbocycles. The maximum absolute atomic E-state index is 12.8. The second kappa shape index (κ2) is 2.85. The molecule has 0 aliphatic carbocycles. The van der Waals surface area contributed by atoms with Crippen LogP contribution in [0.2, 0.25) is 0 Å². The fraction of sp³-hybridized carbons (Fsp3) is 0.